The smallest absolute Gasteiger partial charge is 0.408 e. The minimum atomic E-state index is -1.16. The van der Waals surface area contributed by atoms with E-state index < -0.39 is 155 Å². The number of ether oxygens (including phenoxy) is 8. The van der Waals surface area contributed by atoms with E-state index in [1.54, 1.807) is 104 Å². The van der Waals surface area contributed by atoms with Crippen LogP contribution in [0.15, 0.2) is 0 Å². The van der Waals surface area contributed by atoms with Crippen molar-refractivity contribution < 1.29 is 101 Å². The monoisotopic (exact) mass is 1330 g/mol. The molecule has 0 radical (unpaired) electrons. The van der Waals surface area contributed by atoms with Gasteiger partial charge in [0.2, 0.25) is 0 Å². The predicted molar refractivity (Wildman–Crippen MR) is 342 cm³/mol. The van der Waals surface area contributed by atoms with Crippen LogP contribution in [-0.4, -0.2) is 200 Å². The van der Waals surface area contributed by atoms with Crippen molar-refractivity contribution in [2.45, 2.75) is 318 Å². The van der Waals surface area contributed by atoms with E-state index in [1.807, 2.05) is 95.3 Å². The van der Waals surface area contributed by atoms with E-state index in [0.717, 1.165) is 0 Å². The molecule has 0 spiro atoms. The third-order valence-electron chi connectivity index (χ3n) is 10.5. The highest BCUT2D eigenvalue weighted by atomic mass is 35.5. The van der Waals surface area contributed by atoms with Crippen LogP contribution in [0.5, 0.6) is 0 Å². The maximum atomic E-state index is 12.1. The van der Waals surface area contributed by atoms with Gasteiger partial charge in [-0.05, 0) is 201 Å². The van der Waals surface area contributed by atoms with Gasteiger partial charge < -0.3 is 95.6 Å². The van der Waals surface area contributed by atoms with Crippen LogP contribution in [0.25, 0.3) is 0 Å². The highest BCUT2D eigenvalue weighted by Gasteiger charge is 2.42. The summed E-state index contributed by atoms with van der Waals surface area (Å²) >= 11 is 0. The van der Waals surface area contributed by atoms with E-state index >= 15 is 0 Å². The number of halogens is 1. The lowest BCUT2D eigenvalue weighted by Crippen LogP contribution is -2.58. The van der Waals surface area contributed by atoms with Gasteiger partial charge in [-0.2, -0.15) is 0 Å². The molecule has 2 saturated heterocycles. The molecule has 13 N–H and O–H groups in total. The van der Waals surface area contributed by atoms with E-state index in [4.69, 9.17) is 53.8 Å². The summed E-state index contributed by atoms with van der Waals surface area (Å²) in [6, 6.07) is -6.82. The number of carboxylic acid groups (broad SMARTS) is 1. The van der Waals surface area contributed by atoms with E-state index in [-0.39, 0.29) is 36.3 Å². The topological polar surface area (TPSA) is 427 Å². The third kappa shape index (κ3) is 46.8. The second kappa shape index (κ2) is 38.3. The van der Waals surface area contributed by atoms with E-state index in [9.17, 15) is 53.1 Å². The average Bonchev–Trinajstić information content (AvgIpc) is 2.80. The van der Waals surface area contributed by atoms with Crippen molar-refractivity contribution in [1.29, 1.82) is 0 Å². The minimum absolute atomic E-state index is 0. The molecule has 0 aromatic heterocycles. The number of alkyl carbamates (subject to hydrolysis) is 4. The van der Waals surface area contributed by atoms with Crippen LogP contribution >= 0.6 is 12.4 Å². The van der Waals surface area contributed by atoms with Gasteiger partial charge in [0.25, 0.3) is 11.8 Å². The Morgan fingerprint density at radius 2 is 0.791 bits per heavy atom. The first-order chi connectivity index (χ1) is 40.0. The van der Waals surface area contributed by atoms with Crippen LogP contribution in [0.4, 0.5) is 28.8 Å². The molecule has 534 valence electrons. The van der Waals surface area contributed by atoms with Gasteiger partial charge in [-0.1, -0.05) is 0 Å². The lowest BCUT2D eigenvalue weighted by molar-refractivity contribution is -0.147. The standard InChI is InChI=1S/C15H27N3O5.C13H25NO5.C13H27NO4.C13H25NO4.C6H11N3O3.ClH/c1-8(22-14(2,3)4)9(10-11(19)18-12(20)16-10)17-13(21)23-15(5,6)7;1-8(18-12(2,3)4)9(10(15)16)14-11(17)19-13(5,6)7;2*1-9(17-12(2,3)4)10(8-15)14-11(16)18-13(5,6)7;1-2(10)3(7)4-5(11)9-6(12)8-4;/h8-10H,1-7H3,(H,17,21)(H2,16,18,19,20);8-9H,1-7H3,(H,14,17)(H,15,16);9-10,15H,8H2,1-7H3,(H,14,16);8-10H,1-7H3,(H,14,16);2-4,10H,7H2,1H3,(H2,8,9,11,12);1H/t8-,9-,10?;8-,9-;2*9-,10+;2-,3+,4?;/m00000./s1. The summed E-state index contributed by atoms with van der Waals surface area (Å²) in [5.74, 6) is -2.17. The lowest BCUT2D eigenvalue weighted by atomic mass is 10.0. The molecule has 31 heteroatoms. The van der Waals surface area contributed by atoms with Gasteiger partial charge in [0.05, 0.1) is 77.7 Å². The molecular formula is C60H116ClN9O21. The van der Waals surface area contributed by atoms with Crippen LogP contribution in [-0.2, 0) is 57.1 Å². The lowest BCUT2D eigenvalue weighted by Gasteiger charge is -2.33. The zero-order valence-electron chi connectivity index (χ0n) is 59.4. The zero-order chi connectivity index (χ0) is 71.9. The molecule has 0 saturated carbocycles. The van der Waals surface area contributed by atoms with Crippen molar-refractivity contribution in [3.63, 3.8) is 0 Å². The number of carboxylic acids is 1. The summed E-state index contributed by atoms with van der Waals surface area (Å²) in [6.07, 6.45) is -4.74. The number of carbonyl (C=O) groups excluding carboxylic acids is 9. The number of imide groups is 2. The molecule has 2 rings (SSSR count). The largest absolute Gasteiger partial charge is 0.480 e. The number of aliphatic hydroxyl groups is 2. The van der Waals surface area contributed by atoms with Gasteiger partial charge in [-0.25, -0.2) is 33.6 Å². The summed E-state index contributed by atoms with van der Waals surface area (Å²) in [7, 11) is 0. The summed E-state index contributed by atoms with van der Waals surface area (Å²) in [6.45, 7) is 51.6. The molecule has 10 amide bonds. The normalized spacial score (nSPS) is 18.5. The molecular weight excluding hydrogens is 1220 g/mol. The van der Waals surface area contributed by atoms with Crippen LogP contribution < -0.4 is 48.3 Å². The van der Waals surface area contributed by atoms with Gasteiger partial charge in [0.1, 0.15) is 46.8 Å². The van der Waals surface area contributed by atoms with Crippen molar-refractivity contribution >= 4 is 72.9 Å². The van der Waals surface area contributed by atoms with E-state index in [0.29, 0.717) is 6.29 Å². The Morgan fingerprint density at radius 3 is 1.09 bits per heavy atom. The maximum Gasteiger partial charge on any atom is 0.408 e. The fourth-order valence-electron chi connectivity index (χ4n) is 7.40. The van der Waals surface area contributed by atoms with Gasteiger partial charge in [0.15, 0.2) is 6.04 Å². The highest BCUT2D eigenvalue weighted by Crippen LogP contribution is 2.20. The zero-order valence-corrected chi connectivity index (χ0v) is 60.2. The molecule has 2 aliphatic rings. The molecule has 12 atom stereocenters. The number of hydrogen-bond donors (Lipinski definition) is 12. The van der Waals surface area contributed by atoms with Gasteiger partial charge in [-0.3, -0.25) is 20.2 Å². The second-order valence-electron chi connectivity index (χ2n) is 29.3. The van der Waals surface area contributed by atoms with Crippen LogP contribution in [0.3, 0.4) is 0 Å². The van der Waals surface area contributed by atoms with Crippen molar-refractivity contribution in [3.8, 4) is 0 Å². The van der Waals surface area contributed by atoms with Gasteiger partial charge in [-0.15, -0.1) is 12.4 Å². The Hall–Kier alpha value is -5.89. The molecule has 2 unspecified atom stereocenters. The number of aldehydes is 1. The number of urea groups is 2. The number of aliphatic carboxylic acids is 1. The number of rotatable bonds is 18. The summed E-state index contributed by atoms with van der Waals surface area (Å²) < 4.78 is 43.1. The molecule has 0 aromatic carbocycles. The SMILES string of the molecule is C[C@H](O)[C@@H](N)C1NC(=O)NC1=O.C[C@H](OC(C)(C)C)[C@@H](C=O)NC(=O)OC(C)(C)C.C[C@H](OC(C)(C)C)[C@@H](CO)NC(=O)OC(C)(C)C.C[C@H](OC(C)(C)C)[C@H](NC(=O)OC(C)(C)C)C(=O)O.C[C@H](OC(C)(C)C)[C@H](NC(=O)OC(C)(C)C)C1NC(=O)NC1=O.Cl. The molecule has 0 aliphatic carbocycles. The molecule has 2 heterocycles. The Kier molecular flexibility index (Phi) is 38.6. The maximum absolute atomic E-state index is 12.1. The van der Waals surface area contributed by atoms with Gasteiger partial charge >= 0.3 is 42.4 Å². The van der Waals surface area contributed by atoms with Crippen LogP contribution in [0.2, 0.25) is 0 Å². The third-order valence-corrected chi connectivity index (χ3v) is 10.5. The molecule has 0 bridgehead atoms. The summed E-state index contributed by atoms with van der Waals surface area (Å²) in [4.78, 5) is 114. The first-order valence-electron chi connectivity index (χ1n) is 29.7. The molecule has 91 heavy (non-hydrogen) atoms. The summed E-state index contributed by atoms with van der Waals surface area (Å²) in [5.41, 5.74) is 1.26. The van der Waals surface area contributed by atoms with Crippen molar-refractivity contribution in [2.75, 3.05) is 6.61 Å². The first kappa shape index (κ1) is 91.5. The quantitative estimate of drug-likeness (QED) is 0.0416. The molecule has 2 fully saturated rings. The Morgan fingerprint density at radius 1 is 0.484 bits per heavy atom. The average molecular weight is 1340 g/mol. The van der Waals surface area contributed by atoms with Crippen molar-refractivity contribution in [2.24, 2.45) is 5.73 Å². The second-order valence-corrected chi connectivity index (χ2v) is 29.3. The fourth-order valence-corrected chi connectivity index (χ4v) is 7.40. The van der Waals surface area contributed by atoms with E-state index in [2.05, 4.69) is 37.2 Å². The fraction of sp³-hybridized carbons (Fsp3) is 0.833. The van der Waals surface area contributed by atoms with Crippen LogP contribution in [0, 0.1) is 0 Å². The number of carbonyl (C=O) groups is 10. The molecule has 30 nitrogen and oxygen atoms in total. The number of nitrogens with one attached hydrogen (secondary N) is 8. The Labute approximate surface area is 545 Å². The molecule has 2 aliphatic heterocycles. The highest BCUT2D eigenvalue weighted by molar-refractivity contribution is 6.05. The van der Waals surface area contributed by atoms with Crippen LogP contribution in [0.1, 0.15) is 201 Å². The number of nitrogens with two attached hydrogens (primary N) is 1. The number of amides is 10. The first-order valence-corrected chi connectivity index (χ1v) is 29.7. The van der Waals surface area contributed by atoms with E-state index in [1.165, 1.54) is 6.92 Å². The van der Waals surface area contributed by atoms with Crippen molar-refractivity contribution in [1.82, 2.24) is 42.5 Å². The van der Waals surface area contributed by atoms with Crippen molar-refractivity contribution in [3.05, 3.63) is 0 Å². The predicted octanol–water partition coefficient (Wildman–Crippen LogP) is 6.14. The molecule has 0 aromatic rings. The van der Waals surface area contributed by atoms with Gasteiger partial charge in [0, 0.05) is 0 Å². The number of hydrogen-bond acceptors (Lipinski definition) is 21. The Bertz CT molecular complexity index is 2310. The minimum Gasteiger partial charge on any atom is -0.480 e. The number of aliphatic hydroxyl groups excluding tert-OH is 2. The Balaban J connectivity index is -0.000000525. The summed E-state index contributed by atoms with van der Waals surface area (Å²) in [5, 5.41) is 46.5.